The summed E-state index contributed by atoms with van der Waals surface area (Å²) >= 11 is 0. The van der Waals surface area contributed by atoms with Gasteiger partial charge in [-0.15, -0.1) is 0 Å². The molecule has 1 aromatic rings. The Kier molecular flexibility index (Phi) is 3.86. The Balaban J connectivity index is 1.42. The van der Waals surface area contributed by atoms with E-state index in [1.165, 1.54) is 19.3 Å². The van der Waals surface area contributed by atoms with Gasteiger partial charge in [-0.25, -0.2) is 0 Å². The highest BCUT2D eigenvalue weighted by Crippen LogP contribution is 2.44. The van der Waals surface area contributed by atoms with Gasteiger partial charge in [-0.3, -0.25) is 9.59 Å². The average molecular weight is 326 g/mol. The lowest BCUT2D eigenvalue weighted by atomic mass is 9.94. The Labute approximate surface area is 143 Å². The maximum absolute atomic E-state index is 12.6. The number of hydrogen-bond donors (Lipinski definition) is 1. The van der Waals surface area contributed by atoms with Crippen LogP contribution in [0.4, 0.5) is 5.69 Å². The molecule has 4 nitrogen and oxygen atoms in total. The molecule has 2 saturated carbocycles. The highest BCUT2D eigenvalue weighted by Gasteiger charge is 2.42. The van der Waals surface area contributed by atoms with Crippen molar-refractivity contribution in [3.63, 3.8) is 0 Å². The number of hydrogen-bond acceptors (Lipinski definition) is 2. The Morgan fingerprint density at radius 3 is 2.50 bits per heavy atom. The molecule has 1 saturated heterocycles. The van der Waals surface area contributed by atoms with E-state index >= 15 is 0 Å². The smallest absolute Gasteiger partial charge is 0.227 e. The minimum atomic E-state index is -0.211. The fraction of sp³-hybridized carbons (Fsp3) is 0.600. The Morgan fingerprint density at radius 2 is 1.88 bits per heavy atom. The summed E-state index contributed by atoms with van der Waals surface area (Å²) in [5.74, 6) is 1.42. The van der Waals surface area contributed by atoms with Crippen molar-refractivity contribution in [1.82, 2.24) is 5.32 Å². The van der Waals surface area contributed by atoms with Crippen molar-refractivity contribution in [2.24, 2.45) is 17.8 Å². The fourth-order valence-electron chi connectivity index (χ4n) is 4.96. The highest BCUT2D eigenvalue weighted by molar-refractivity contribution is 6.00. The summed E-state index contributed by atoms with van der Waals surface area (Å²) in [5, 5.41) is 3.25. The fourth-order valence-corrected chi connectivity index (χ4v) is 4.96. The molecular formula is C20H26N2O2. The highest BCUT2D eigenvalue weighted by atomic mass is 16.2. The van der Waals surface area contributed by atoms with Gasteiger partial charge < -0.3 is 10.2 Å². The molecule has 3 aliphatic rings. The number of amides is 2. The second kappa shape index (κ2) is 5.91. The minimum absolute atomic E-state index is 0.0630. The molecule has 1 aliphatic heterocycles. The van der Waals surface area contributed by atoms with Crippen LogP contribution in [-0.4, -0.2) is 24.4 Å². The van der Waals surface area contributed by atoms with Crippen LogP contribution in [0.25, 0.3) is 0 Å². The van der Waals surface area contributed by atoms with Crippen LogP contribution in [0, 0.1) is 31.6 Å². The van der Waals surface area contributed by atoms with Crippen LogP contribution in [0.1, 0.15) is 43.2 Å². The van der Waals surface area contributed by atoms with Crippen LogP contribution >= 0.6 is 0 Å². The molecule has 0 unspecified atom stereocenters. The van der Waals surface area contributed by atoms with Crippen LogP contribution in [0.2, 0.25) is 0 Å². The zero-order valence-electron chi connectivity index (χ0n) is 14.5. The van der Waals surface area contributed by atoms with Crippen molar-refractivity contribution in [1.29, 1.82) is 0 Å². The average Bonchev–Trinajstić information content (AvgIpc) is 3.21. The van der Waals surface area contributed by atoms with E-state index in [1.54, 1.807) is 4.90 Å². The zero-order chi connectivity index (χ0) is 16.8. The van der Waals surface area contributed by atoms with Crippen molar-refractivity contribution in [3.05, 3.63) is 29.3 Å². The van der Waals surface area contributed by atoms with Gasteiger partial charge in [0.05, 0.1) is 5.92 Å². The monoisotopic (exact) mass is 326 g/mol. The molecule has 24 heavy (non-hydrogen) atoms. The molecule has 128 valence electrons. The van der Waals surface area contributed by atoms with Crippen molar-refractivity contribution in [2.45, 2.75) is 52.0 Å². The number of nitrogens with one attached hydrogen (secondary N) is 1. The number of carbonyl (C=O) groups excluding carboxylic acids is 2. The Bertz CT molecular complexity index is 664. The molecule has 0 aromatic heterocycles. The van der Waals surface area contributed by atoms with E-state index in [0.29, 0.717) is 24.9 Å². The molecule has 4 rings (SSSR count). The Morgan fingerprint density at radius 1 is 1.12 bits per heavy atom. The molecule has 0 spiro atoms. The molecule has 1 aromatic carbocycles. The molecule has 2 bridgehead atoms. The van der Waals surface area contributed by atoms with Crippen molar-refractivity contribution < 1.29 is 9.59 Å². The van der Waals surface area contributed by atoms with Gasteiger partial charge in [0.2, 0.25) is 11.8 Å². The molecule has 2 aliphatic carbocycles. The quantitative estimate of drug-likeness (QED) is 0.928. The van der Waals surface area contributed by atoms with Crippen LogP contribution < -0.4 is 10.2 Å². The topological polar surface area (TPSA) is 49.4 Å². The first-order chi connectivity index (χ1) is 11.5. The van der Waals surface area contributed by atoms with Crippen LogP contribution in [0.15, 0.2) is 18.2 Å². The second-order valence-electron chi connectivity index (χ2n) is 8.04. The lowest BCUT2D eigenvalue weighted by Gasteiger charge is -2.24. The minimum Gasteiger partial charge on any atom is -0.353 e. The largest absolute Gasteiger partial charge is 0.353 e. The first kappa shape index (κ1) is 15.7. The molecule has 1 N–H and O–H groups in total. The number of nitrogens with zero attached hydrogens (tertiary/aromatic N) is 1. The van der Waals surface area contributed by atoms with E-state index in [2.05, 4.69) is 11.4 Å². The van der Waals surface area contributed by atoms with Crippen LogP contribution in [0.5, 0.6) is 0 Å². The van der Waals surface area contributed by atoms with E-state index in [0.717, 1.165) is 29.2 Å². The normalized spacial score (nSPS) is 31.8. The van der Waals surface area contributed by atoms with Gasteiger partial charge >= 0.3 is 0 Å². The second-order valence-corrected chi connectivity index (χ2v) is 8.04. The third-order valence-electron chi connectivity index (χ3n) is 6.08. The number of aryl methyl sites for hydroxylation is 2. The number of anilines is 1. The molecule has 1 heterocycles. The summed E-state index contributed by atoms with van der Waals surface area (Å²) in [6.07, 6.45) is 5.34. The summed E-state index contributed by atoms with van der Waals surface area (Å²) in [6, 6.07) is 6.51. The lowest BCUT2D eigenvalue weighted by Crippen LogP contribution is -2.42. The van der Waals surface area contributed by atoms with Gasteiger partial charge in [0.15, 0.2) is 0 Å². The van der Waals surface area contributed by atoms with Crippen LogP contribution in [-0.2, 0) is 9.59 Å². The lowest BCUT2D eigenvalue weighted by molar-refractivity contribution is -0.127. The predicted octanol–water partition coefficient (Wildman–Crippen LogP) is 2.96. The maximum atomic E-state index is 12.6. The van der Waals surface area contributed by atoms with Crippen molar-refractivity contribution in [3.8, 4) is 0 Å². The van der Waals surface area contributed by atoms with E-state index in [4.69, 9.17) is 0 Å². The van der Waals surface area contributed by atoms with Crippen molar-refractivity contribution in [2.75, 3.05) is 11.4 Å². The Hall–Kier alpha value is -1.84. The molecule has 2 amide bonds. The summed E-state index contributed by atoms with van der Waals surface area (Å²) < 4.78 is 0. The number of rotatable bonds is 3. The first-order valence-corrected chi connectivity index (χ1v) is 9.18. The van der Waals surface area contributed by atoms with E-state index < -0.39 is 0 Å². The van der Waals surface area contributed by atoms with Crippen LogP contribution in [0.3, 0.4) is 0 Å². The molecule has 0 radical (unpaired) electrons. The van der Waals surface area contributed by atoms with Gasteiger partial charge in [0, 0.05) is 24.7 Å². The molecular weight excluding hydrogens is 300 g/mol. The number of carbonyl (C=O) groups is 2. The summed E-state index contributed by atoms with van der Waals surface area (Å²) in [5.41, 5.74) is 3.22. The van der Waals surface area contributed by atoms with E-state index in [9.17, 15) is 9.59 Å². The molecule has 3 fully saturated rings. The number of fused-ring (bicyclic) bond motifs is 2. The van der Waals surface area contributed by atoms with E-state index in [-0.39, 0.29) is 17.7 Å². The van der Waals surface area contributed by atoms with Gasteiger partial charge in [0.25, 0.3) is 0 Å². The first-order valence-electron chi connectivity index (χ1n) is 9.18. The van der Waals surface area contributed by atoms with Crippen molar-refractivity contribution >= 4 is 17.5 Å². The summed E-state index contributed by atoms with van der Waals surface area (Å²) in [6.45, 7) is 4.58. The molecule has 4 heteroatoms. The maximum Gasteiger partial charge on any atom is 0.227 e. The van der Waals surface area contributed by atoms with Gasteiger partial charge in [-0.05, 0) is 68.2 Å². The van der Waals surface area contributed by atoms with Gasteiger partial charge in [-0.1, -0.05) is 12.5 Å². The van der Waals surface area contributed by atoms with E-state index in [1.807, 2.05) is 26.0 Å². The standard InChI is InChI=1S/C20H26N2O2/c1-12-5-13(2)7-17(6-12)22-11-16(10-19(22)23)20(24)21-18-9-14-3-4-15(18)8-14/h5-7,14-16,18H,3-4,8-11H2,1-2H3,(H,21,24)/t14-,15-,16+,18+/m0/s1. The third-order valence-corrected chi connectivity index (χ3v) is 6.08. The van der Waals surface area contributed by atoms with Gasteiger partial charge in [0.1, 0.15) is 0 Å². The number of benzene rings is 1. The predicted molar refractivity (Wildman–Crippen MR) is 93.8 cm³/mol. The summed E-state index contributed by atoms with van der Waals surface area (Å²) in [7, 11) is 0. The van der Waals surface area contributed by atoms with Gasteiger partial charge in [-0.2, -0.15) is 0 Å². The summed E-state index contributed by atoms with van der Waals surface area (Å²) in [4.78, 5) is 26.8. The third kappa shape index (κ3) is 2.83. The SMILES string of the molecule is Cc1cc(C)cc(N2C[C@H](C(=O)N[C@@H]3C[C@H]4CC[C@H]3C4)CC2=O)c1. The molecule has 4 atom stereocenters. The zero-order valence-corrected chi connectivity index (χ0v) is 14.5.